The Bertz CT molecular complexity index is 193. The van der Waals surface area contributed by atoms with Crippen molar-refractivity contribution < 1.29 is 13.5 Å². The van der Waals surface area contributed by atoms with Crippen LogP contribution in [0.25, 0.3) is 0 Å². The maximum absolute atomic E-state index is 11.8. The minimum absolute atomic E-state index is 0.394. The van der Waals surface area contributed by atoms with Gasteiger partial charge in [0.05, 0.1) is 6.61 Å². The zero-order valence-electron chi connectivity index (χ0n) is 10.1. The van der Waals surface area contributed by atoms with Crippen LogP contribution in [-0.4, -0.2) is 56.3 Å². The Morgan fingerprint density at radius 1 is 1.50 bits per heavy atom. The molecule has 1 N–H and O–H groups in total. The van der Waals surface area contributed by atoms with Crippen LogP contribution in [-0.2, 0) is 4.74 Å². The lowest BCUT2D eigenvalue weighted by molar-refractivity contribution is 0.00250. The lowest BCUT2D eigenvalue weighted by Gasteiger charge is -2.38. The van der Waals surface area contributed by atoms with Crippen LogP contribution in [0.15, 0.2) is 0 Å². The lowest BCUT2D eigenvalue weighted by atomic mass is 10.1. The van der Waals surface area contributed by atoms with Gasteiger partial charge in [-0.25, -0.2) is 8.78 Å². The van der Waals surface area contributed by atoms with Crippen molar-refractivity contribution in [2.75, 3.05) is 32.8 Å². The molecule has 1 aliphatic heterocycles. The molecular weight excluding hydrogens is 214 g/mol. The Hall–Kier alpha value is -0.260. The number of halogens is 2. The Balaban J connectivity index is 2.18. The topological polar surface area (TPSA) is 24.5 Å². The van der Waals surface area contributed by atoms with E-state index in [1.165, 1.54) is 0 Å². The van der Waals surface area contributed by atoms with Crippen LogP contribution in [0.5, 0.6) is 0 Å². The van der Waals surface area contributed by atoms with E-state index in [1.54, 1.807) is 0 Å². The van der Waals surface area contributed by atoms with Crippen LogP contribution >= 0.6 is 0 Å². The van der Waals surface area contributed by atoms with Gasteiger partial charge in [0, 0.05) is 31.7 Å². The maximum Gasteiger partial charge on any atom is 0.261 e. The van der Waals surface area contributed by atoms with Gasteiger partial charge in [0.15, 0.2) is 0 Å². The molecule has 2 atom stereocenters. The SMILES string of the molecule is CCC1CN(CCOCC(F)F)C(C)CN1. The number of rotatable bonds is 6. The molecule has 16 heavy (non-hydrogen) atoms. The molecule has 0 aromatic rings. The molecule has 3 nitrogen and oxygen atoms in total. The van der Waals surface area contributed by atoms with Crippen molar-refractivity contribution in [1.82, 2.24) is 10.2 Å². The van der Waals surface area contributed by atoms with E-state index in [4.69, 9.17) is 4.74 Å². The summed E-state index contributed by atoms with van der Waals surface area (Å²) >= 11 is 0. The Morgan fingerprint density at radius 3 is 2.88 bits per heavy atom. The number of hydrogen-bond acceptors (Lipinski definition) is 3. The van der Waals surface area contributed by atoms with Crippen LogP contribution in [0.4, 0.5) is 8.78 Å². The average molecular weight is 236 g/mol. The van der Waals surface area contributed by atoms with Gasteiger partial charge in [-0.1, -0.05) is 6.92 Å². The quantitative estimate of drug-likeness (QED) is 0.704. The first-order valence-electron chi connectivity index (χ1n) is 5.96. The standard InChI is InChI=1S/C11H22F2N2O/c1-3-10-7-15(9(2)6-14-10)4-5-16-8-11(12)13/h9-11,14H,3-8H2,1-2H3. The van der Waals surface area contributed by atoms with Crippen molar-refractivity contribution in [3.63, 3.8) is 0 Å². The van der Waals surface area contributed by atoms with Crippen molar-refractivity contribution in [3.8, 4) is 0 Å². The Kier molecular flexibility index (Phi) is 6.16. The number of nitrogens with one attached hydrogen (secondary N) is 1. The fourth-order valence-electron chi connectivity index (χ4n) is 1.93. The van der Waals surface area contributed by atoms with E-state index >= 15 is 0 Å². The molecule has 0 bridgehead atoms. The van der Waals surface area contributed by atoms with Gasteiger partial charge in [0.25, 0.3) is 6.43 Å². The van der Waals surface area contributed by atoms with Crippen molar-refractivity contribution in [3.05, 3.63) is 0 Å². The average Bonchev–Trinajstić information content (AvgIpc) is 2.26. The van der Waals surface area contributed by atoms with E-state index < -0.39 is 13.0 Å². The van der Waals surface area contributed by atoms with Gasteiger partial charge >= 0.3 is 0 Å². The molecule has 1 heterocycles. The van der Waals surface area contributed by atoms with Crippen LogP contribution in [0, 0.1) is 0 Å². The van der Waals surface area contributed by atoms with E-state index in [0.29, 0.717) is 18.7 Å². The monoisotopic (exact) mass is 236 g/mol. The number of ether oxygens (including phenoxy) is 1. The molecule has 1 fully saturated rings. The number of piperazine rings is 1. The fraction of sp³-hybridized carbons (Fsp3) is 1.00. The van der Waals surface area contributed by atoms with Gasteiger partial charge in [-0.15, -0.1) is 0 Å². The largest absolute Gasteiger partial charge is 0.374 e. The Labute approximate surface area is 96.1 Å². The van der Waals surface area contributed by atoms with Crippen LogP contribution < -0.4 is 5.32 Å². The third-order valence-corrected chi connectivity index (χ3v) is 3.04. The number of hydrogen-bond donors (Lipinski definition) is 1. The summed E-state index contributed by atoms with van der Waals surface area (Å²) < 4.78 is 28.6. The van der Waals surface area contributed by atoms with Gasteiger partial charge in [-0.3, -0.25) is 4.90 Å². The normalized spacial score (nSPS) is 27.6. The zero-order chi connectivity index (χ0) is 12.0. The minimum Gasteiger partial charge on any atom is -0.374 e. The predicted octanol–water partition coefficient (Wildman–Crippen LogP) is 1.34. The second kappa shape index (κ2) is 7.14. The molecule has 5 heteroatoms. The van der Waals surface area contributed by atoms with Gasteiger partial charge in [-0.2, -0.15) is 0 Å². The van der Waals surface area contributed by atoms with E-state index in [9.17, 15) is 8.78 Å². The van der Waals surface area contributed by atoms with Crippen molar-refractivity contribution in [1.29, 1.82) is 0 Å². The molecule has 0 spiro atoms. The molecule has 0 saturated carbocycles. The predicted molar refractivity (Wildman–Crippen MR) is 59.9 cm³/mol. The first kappa shape index (κ1) is 13.8. The van der Waals surface area contributed by atoms with E-state index in [-0.39, 0.29) is 0 Å². The summed E-state index contributed by atoms with van der Waals surface area (Å²) in [7, 11) is 0. The smallest absolute Gasteiger partial charge is 0.261 e. The van der Waals surface area contributed by atoms with Crippen LogP contribution in [0.2, 0.25) is 0 Å². The van der Waals surface area contributed by atoms with Gasteiger partial charge in [0.1, 0.15) is 6.61 Å². The highest BCUT2D eigenvalue weighted by molar-refractivity contribution is 4.82. The molecule has 0 radical (unpaired) electrons. The highest BCUT2D eigenvalue weighted by atomic mass is 19.3. The molecule has 1 rings (SSSR count). The van der Waals surface area contributed by atoms with Gasteiger partial charge < -0.3 is 10.1 Å². The first-order chi connectivity index (χ1) is 7.63. The molecule has 1 aliphatic rings. The summed E-state index contributed by atoms with van der Waals surface area (Å²) in [6, 6.07) is 0.976. The van der Waals surface area contributed by atoms with Crippen molar-refractivity contribution in [2.45, 2.75) is 38.8 Å². The summed E-state index contributed by atoms with van der Waals surface area (Å²) in [6.45, 7) is 6.93. The summed E-state index contributed by atoms with van der Waals surface area (Å²) in [4.78, 5) is 2.30. The molecule has 96 valence electrons. The fourth-order valence-corrected chi connectivity index (χ4v) is 1.93. The highest BCUT2D eigenvalue weighted by Crippen LogP contribution is 2.08. The van der Waals surface area contributed by atoms with Crippen LogP contribution in [0.1, 0.15) is 20.3 Å². The zero-order valence-corrected chi connectivity index (χ0v) is 10.1. The van der Waals surface area contributed by atoms with Crippen molar-refractivity contribution >= 4 is 0 Å². The molecular formula is C11H22F2N2O. The second-order valence-electron chi connectivity index (χ2n) is 4.32. The minimum atomic E-state index is -2.36. The van der Waals surface area contributed by atoms with Crippen molar-refractivity contribution in [2.24, 2.45) is 0 Å². The molecule has 0 amide bonds. The second-order valence-corrected chi connectivity index (χ2v) is 4.32. The summed E-state index contributed by atoms with van der Waals surface area (Å²) in [6.07, 6.45) is -1.26. The number of nitrogens with zero attached hydrogens (tertiary/aromatic N) is 1. The maximum atomic E-state index is 11.8. The molecule has 2 unspecified atom stereocenters. The van der Waals surface area contributed by atoms with Gasteiger partial charge in [-0.05, 0) is 13.3 Å². The third-order valence-electron chi connectivity index (χ3n) is 3.04. The van der Waals surface area contributed by atoms with Gasteiger partial charge in [0.2, 0.25) is 0 Å². The number of alkyl halides is 2. The van der Waals surface area contributed by atoms with Crippen LogP contribution in [0.3, 0.4) is 0 Å². The summed E-state index contributed by atoms with van der Waals surface area (Å²) in [5.74, 6) is 0. The molecule has 0 aliphatic carbocycles. The van der Waals surface area contributed by atoms with E-state index in [1.807, 2.05) is 0 Å². The highest BCUT2D eigenvalue weighted by Gasteiger charge is 2.23. The van der Waals surface area contributed by atoms with E-state index in [0.717, 1.165) is 26.1 Å². The lowest BCUT2D eigenvalue weighted by Crippen LogP contribution is -2.55. The third kappa shape index (κ3) is 4.72. The molecule has 0 aromatic carbocycles. The van der Waals surface area contributed by atoms with E-state index in [2.05, 4.69) is 24.1 Å². The Morgan fingerprint density at radius 2 is 2.25 bits per heavy atom. The summed E-state index contributed by atoms with van der Waals surface area (Å²) in [5.41, 5.74) is 0. The molecule has 1 saturated heterocycles. The summed E-state index contributed by atoms with van der Waals surface area (Å²) in [5, 5.41) is 3.45. The first-order valence-corrected chi connectivity index (χ1v) is 5.96. The molecule has 0 aromatic heterocycles.